The van der Waals surface area contributed by atoms with Crippen molar-refractivity contribution in [3.8, 4) is 17.2 Å². The molecule has 7 nitrogen and oxygen atoms in total. The Morgan fingerprint density at radius 1 is 1.15 bits per heavy atom. The lowest BCUT2D eigenvalue weighted by Crippen LogP contribution is -2.30. The standard InChI is InChI=1S/C24H25NO6S2/c1-4-17(23(27)28)31-18-8-6-5-7-16(18)14-21-22(26)25(24(32)33-21)12-11-15-9-10-19(29-2)20(13-15)30-3/h5-10,13-14,17H,4,11-12H2,1-3H3,(H,27,28)/b21-14+. The molecule has 3 rings (SSSR count). The van der Waals surface area contributed by atoms with Crippen LogP contribution in [-0.4, -0.2) is 53.1 Å². The predicted molar refractivity (Wildman–Crippen MR) is 132 cm³/mol. The molecule has 2 aromatic rings. The number of thioether (sulfide) groups is 1. The third-order valence-corrected chi connectivity index (χ3v) is 6.44. The maximum absolute atomic E-state index is 13.0. The maximum atomic E-state index is 13.0. The summed E-state index contributed by atoms with van der Waals surface area (Å²) in [5, 5.41) is 9.30. The second-order valence-corrected chi connectivity index (χ2v) is 8.84. The van der Waals surface area contributed by atoms with Crippen LogP contribution in [0.2, 0.25) is 0 Å². The fraction of sp³-hybridized carbons (Fsp3) is 0.292. The molecule has 0 radical (unpaired) electrons. The van der Waals surface area contributed by atoms with Gasteiger partial charge in [0.05, 0.1) is 19.1 Å². The number of thiocarbonyl (C=S) groups is 1. The largest absolute Gasteiger partial charge is 0.493 e. The van der Waals surface area contributed by atoms with E-state index in [0.717, 1.165) is 5.56 Å². The summed E-state index contributed by atoms with van der Waals surface area (Å²) < 4.78 is 16.7. The molecule has 1 aliphatic rings. The van der Waals surface area contributed by atoms with E-state index in [1.807, 2.05) is 18.2 Å². The van der Waals surface area contributed by atoms with E-state index >= 15 is 0 Å². The Morgan fingerprint density at radius 2 is 1.88 bits per heavy atom. The molecule has 1 aliphatic heterocycles. The molecule has 1 N–H and O–H groups in total. The molecule has 9 heteroatoms. The quantitative estimate of drug-likeness (QED) is 0.390. The number of rotatable bonds is 10. The molecule has 2 aromatic carbocycles. The minimum absolute atomic E-state index is 0.189. The minimum Gasteiger partial charge on any atom is -0.493 e. The zero-order valence-electron chi connectivity index (χ0n) is 18.6. The van der Waals surface area contributed by atoms with Gasteiger partial charge in [-0.3, -0.25) is 9.69 Å². The van der Waals surface area contributed by atoms with Gasteiger partial charge in [-0.15, -0.1) is 0 Å². The molecule has 1 atom stereocenters. The molecule has 33 heavy (non-hydrogen) atoms. The molecule has 1 heterocycles. The molecule has 0 aliphatic carbocycles. The molecule has 1 saturated heterocycles. The van der Waals surface area contributed by atoms with Crippen molar-refractivity contribution in [1.29, 1.82) is 0 Å². The summed E-state index contributed by atoms with van der Waals surface area (Å²) in [5.74, 6) is 0.453. The molecular formula is C24H25NO6S2. The van der Waals surface area contributed by atoms with Gasteiger partial charge in [0, 0.05) is 12.1 Å². The number of benzene rings is 2. The summed E-state index contributed by atoms with van der Waals surface area (Å²) >= 11 is 6.66. The third-order valence-electron chi connectivity index (χ3n) is 5.07. The number of carboxylic acid groups (broad SMARTS) is 1. The molecule has 0 aromatic heterocycles. The minimum atomic E-state index is -1.03. The van der Waals surface area contributed by atoms with Crippen LogP contribution in [0.25, 0.3) is 6.08 Å². The number of carbonyl (C=O) groups is 2. The van der Waals surface area contributed by atoms with Gasteiger partial charge in [-0.05, 0) is 42.7 Å². The average Bonchev–Trinajstić information content (AvgIpc) is 3.08. The predicted octanol–water partition coefficient (Wildman–Crippen LogP) is 4.39. The normalized spacial score (nSPS) is 15.6. The number of methoxy groups -OCH3 is 2. The Balaban J connectivity index is 1.75. The van der Waals surface area contributed by atoms with Crippen molar-refractivity contribution in [2.24, 2.45) is 0 Å². The van der Waals surface area contributed by atoms with Crippen LogP contribution in [0.1, 0.15) is 24.5 Å². The van der Waals surface area contributed by atoms with Crippen LogP contribution >= 0.6 is 24.0 Å². The van der Waals surface area contributed by atoms with E-state index in [4.69, 9.17) is 26.4 Å². The second-order valence-electron chi connectivity index (χ2n) is 7.16. The first-order valence-corrected chi connectivity index (χ1v) is 11.5. The lowest BCUT2D eigenvalue weighted by molar-refractivity contribution is -0.145. The van der Waals surface area contributed by atoms with Crippen molar-refractivity contribution >= 4 is 46.3 Å². The first-order valence-electron chi connectivity index (χ1n) is 10.3. The van der Waals surface area contributed by atoms with Gasteiger partial charge in [-0.25, -0.2) is 4.79 Å². The lowest BCUT2D eigenvalue weighted by atomic mass is 10.1. The topological polar surface area (TPSA) is 85.3 Å². The van der Waals surface area contributed by atoms with Gasteiger partial charge in [0.25, 0.3) is 5.91 Å². The number of carbonyl (C=O) groups excluding carboxylic acids is 1. The van der Waals surface area contributed by atoms with Gasteiger partial charge in [-0.1, -0.05) is 55.2 Å². The van der Waals surface area contributed by atoms with Crippen molar-refractivity contribution in [3.63, 3.8) is 0 Å². The van der Waals surface area contributed by atoms with Crippen LogP contribution in [-0.2, 0) is 16.0 Å². The van der Waals surface area contributed by atoms with E-state index in [2.05, 4.69) is 0 Å². The van der Waals surface area contributed by atoms with Gasteiger partial charge in [0.15, 0.2) is 17.6 Å². The van der Waals surface area contributed by atoms with Gasteiger partial charge >= 0.3 is 5.97 Å². The van der Waals surface area contributed by atoms with Crippen LogP contribution in [0.4, 0.5) is 0 Å². The van der Waals surface area contributed by atoms with E-state index < -0.39 is 12.1 Å². The monoisotopic (exact) mass is 487 g/mol. The van der Waals surface area contributed by atoms with E-state index in [1.54, 1.807) is 56.4 Å². The Kier molecular flexibility index (Phi) is 8.35. The third kappa shape index (κ3) is 5.85. The fourth-order valence-electron chi connectivity index (χ4n) is 3.28. The van der Waals surface area contributed by atoms with E-state index in [0.29, 0.717) is 51.4 Å². The Morgan fingerprint density at radius 3 is 2.55 bits per heavy atom. The Hall–Kier alpha value is -3.04. The van der Waals surface area contributed by atoms with E-state index in [-0.39, 0.29) is 5.91 Å². The van der Waals surface area contributed by atoms with E-state index in [9.17, 15) is 14.7 Å². The van der Waals surface area contributed by atoms with Gasteiger partial charge in [0.2, 0.25) is 0 Å². The first-order chi connectivity index (χ1) is 15.9. The first kappa shape index (κ1) is 24.6. The molecule has 1 amide bonds. The van der Waals surface area contributed by atoms with Crippen molar-refractivity contribution in [3.05, 3.63) is 58.5 Å². The number of para-hydroxylation sites is 1. The molecule has 1 fully saturated rings. The summed E-state index contributed by atoms with van der Waals surface area (Å²) in [6, 6.07) is 12.7. The number of hydrogen-bond acceptors (Lipinski definition) is 7. The van der Waals surface area contributed by atoms with Crippen LogP contribution in [0.3, 0.4) is 0 Å². The van der Waals surface area contributed by atoms with Gasteiger partial charge < -0.3 is 19.3 Å². The molecule has 0 spiro atoms. The Bertz CT molecular complexity index is 1080. The second kappa shape index (κ2) is 11.2. The summed E-state index contributed by atoms with van der Waals surface area (Å²) in [6.07, 6.45) is 1.65. The van der Waals surface area contributed by atoms with Crippen molar-refractivity contribution < 1.29 is 28.9 Å². The number of nitrogens with zero attached hydrogens (tertiary/aromatic N) is 1. The highest BCUT2D eigenvalue weighted by Crippen LogP contribution is 2.35. The van der Waals surface area contributed by atoms with Crippen LogP contribution in [0.5, 0.6) is 17.2 Å². The van der Waals surface area contributed by atoms with Crippen molar-refractivity contribution in [2.75, 3.05) is 20.8 Å². The molecular weight excluding hydrogens is 462 g/mol. The van der Waals surface area contributed by atoms with Gasteiger partial charge in [-0.2, -0.15) is 0 Å². The van der Waals surface area contributed by atoms with Crippen LogP contribution in [0.15, 0.2) is 47.4 Å². The number of carboxylic acids is 1. The zero-order valence-corrected chi connectivity index (χ0v) is 20.2. The zero-order chi connectivity index (χ0) is 24.0. The summed E-state index contributed by atoms with van der Waals surface area (Å²) in [5.41, 5.74) is 1.61. The number of aliphatic carboxylic acids is 1. The molecule has 0 saturated carbocycles. The summed E-state index contributed by atoms with van der Waals surface area (Å²) in [6.45, 7) is 2.16. The number of hydrogen-bond donors (Lipinski definition) is 1. The number of amides is 1. The summed E-state index contributed by atoms with van der Waals surface area (Å²) in [7, 11) is 3.16. The van der Waals surface area contributed by atoms with E-state index in [1.165, 1.54) is 11.8 Å². The summed E-state index contributed by atoms with van der Waals surface area (Å²) in [4.78, 5) is 26.4. The molecule has 174 valence electrons. The number of ether oxygens (including phenoxy) is 3. The van der Waals surface area contributed by atoms with Gasteiger partial charge in [0.1, 0.15) is 10.1 Å². The van der Waals surface area contributed by atoms with Crippen molar-refractivity contribution in [1.82, 2.24) is 4.90 Å². The maximum Gasteiger partial charge on any atom is 0.344 e. The highest BCUT2D eigenvalue weighted by Gasteiger charge is 2.32. The highest BCUT2D eigenvalue weighted by atomic mass is 32.2. The van der Waals surface area contributed by atoms with Crippen LogP contribution < -0.4 is 14.2 Å². The highest BCUT2D eigenvalue weighted by molar-refractivity contribution is 8.26. The Labute approximate surface area is 202 Å². The fourth-order valence-corrected chi connectivity index (χ4v) is 4.58. The lowest BCUT2D eigenvalue weighted by Gasteiger charge is -2.16. The van der Waals surface area contributed by atoms with Crippen molar-refractivity contribution in [2.45, 2.75) is 25.9 Å². The molecule has 1 unspecified atom stereocenters. The SMILES string of the molecule is CCC(Oc1ccccc1/C=C1/SC(=S)N(CCc2ccc(OC)c(OC)c2)C1=O)C(=O)O. The smallest absolute Gasteiger partial charge is 0.344 e. The average molecular weight is 488 g/mol. The molecule has 0 bridgehead atoms. The van der Waals surface area contributed by atoms with Crippen LogP contribution in [0, 0.1) is 0 Å².